The van der Waals surface area contributed by atoms with Gasteiger partial charge in [0.2, 0.25) is 0 Å². The monoisotopic (exact) mass is 211 g/mol. The van der Waals surface area contributed by atoms with Crippen LogP contribution >= 0.6 is 0 Å². The zero-order chi connectivity index (χ0) is 10.8. The Morgan fingerprint density at radius 3 is 2.40 bits per heavy atom. The van der Waals surface area contributed by atoms with Crippen molar-refractivity contribution in [3.63, 3.8) is 0 Å². The quantitative estimate of drug-likeness (QED) is 0.762. The number of rotatable bonds is 2. The van der Waals surface area contributed by atoms with Crippen molar-refractivity contribution in [3.8, 4) is 0 Å². The Bertz CT molecular complexity index is 232. The third-order valence-electron chi connectivity index (χ3n) is 3.99. The summed E-state index contributed by atoms with van der Waals surface area (Å²) in [5.41, 5.74) is 0. The van der Waals surface area contributed by atoms with E-state index in [1.165, 1.54) is 25.7 Å². The van der Waals surface area contributed by atoms with Crippen LogP contribution in [0.5, 0.6) is 0 Å². The van der Waals surface area contributed by atoms with E-state index in [-0.39, 0.29) is 12.2 Å². The standard InChI is InChI=1S/C12H21NO2/c1-8(2)9-3-5-10(6-4-9)11-7-13-12(14)15-11/h8-11H,3-7H2,1-2H3,(H,13,14). The molecular formula is C12H21NO2. The molecule has 1 aliphatic heterocycles. The highest BCUT2D eigenvalue weighted by molar-refractivity contribution is 5.69. The maximum Gasteiger partial charge on any atom is 0.407 e. The molecule has 1 aliphatic carbocycles. The average molecular weight is 211 g/mol. The molecule has 1 saturated heterocycles. The van der Waals surface area contributed by atoms with Gasteiger partial charge in [0.25, 0.3) is 0 Å². The second-order valence-electron chi connectivity index (χ2n) is 5.24. The molecule has 0 bridgehead atoms. The molecule has 2 fully saturated rings. The first-order chi connectivity index (χ1) is 7.16. The van der Waals surface area contributed by atoms with Crippen molar-refractivity contribution in [1.29, 1.82) is 0 Å². The molecule has 0 aromatic rings. The summed E-state index contributed by atoms with van der Waals surface area (Å²) >= 11 is 0. The van der Waals surface area contributed by atoms with Crippen molar-refractivity contribution in [2.24, 2.45) is 17.8 Å². The lowest BCUT2D eigenvalue weighted by atomic mass is 9.75. The number of carbonyl (C=O) groups excluding carboxylic acids is 1. The summed E-state index contributed by atoms with van der Waals surface area (Å²) in [7, 11) is 0. The van der Waals surface area contributed by atoms with E-state index in [2.05, 4.69) is 19.2 Å². The maximum absolute atomic E-state index is 10.9. The molecule has 86 valence electrons. The van der Waals surface area contributed by atoms with Crippen LogP contribution in [0, 0.1) is 17.8 Å². The third kappa shape index (κ3) is 2.44. The SMILES string of the molecule is CC(C)C1CCC(C2CNC(=O)O2)CC1. The lowest BCUT2D eigenvalue weighted by Gasteiger charge is -2.32. The Balaban J connectivity index is 1.80. The molecule has 3 heteroatoms. The number of cyclic esters (lactones) is 1. The molecule has 3 nitrogen and oxygen atoms in total. The molecule has 1 heterocycles. The predicted molar refractivity (Wildman–Crippen MR) is 58.6 cm³/mol. The Labute approximate surface area is 91.6 Å². The van der Waals surface area contributed by atoms with Gasteiger partial charge in [0, 0.05) is 0 Å². The fourth-order valence-corrected chi connectivity index (χ4v) is 2.85. The second kappa shape index (κ2) is 4.42. The van der Waals surface area contributed by atoms with Gasteiger partial charge < -0.3 is 10.1 Å². The minimum atomic E-state index is -0.231. The Hall–Kier alpha value is -0.730. The van der Waals surface area contributed by atoms with Gasteiger partial charge in [0.1, 0.15) is 6.10 Å². The molecule has 1 saturated carbocycles. The number of ether oxygens (including phenoxy) is 1. The summed E-state index contributed by atoms with van der Waals surface area (Å²) in [6.45, 7) is 5.33. The van der Waals surface area contributed by atoms with Gasteiger partial charge in [-0.25, -0.2) is 4.79 Å². The van der Waals surface area contributed by atoms with Gasteiger partial charge in [-0.3, -0.25) is 0 Å². The largest absolute Gasteiger partial charge is 0.444 e. The highest BCUT2D eigenvalue weighted by Crippen LogP contribution is 2.36. The first kappa shape index (κ1) is 10.8. The van der Waals surface area contributed by atoms with Crippen LogP contribution in [0.15, 0.2) is 0 Å². The van der Waals surface area contributed by atoms with E-state index in [9.17, 15) is 4.79 Å². The van der Waals surface area contributed by atoms with Crippen LogP contribution < -0.4 is 5.32 Å². The number of carbonyl (C=O) groups is 1. The van der Waals surface area contributed by atoms with Crippen molar-refractivity contribution in [3.05, 3.63) is 0 Å². The van der Waals surface area contributed by atoms with Crippen molar-refractivity contribution in [1.82, 2.24) is 5.32 Å². The zero-order valence-corrected chi connectivity index (χ0v) is 9.66. The van der Waals surface area contributed by atoms with Crippen LogP contribution in [-0.2, 0) is 4.74 Å². The molecule has 0 radical (unpaired) electrons. The molecule has 0 aromatic heterocycles. The summed E-state index contributed by atoms with van der Waals surface area (Å²) in [4.78, 5) is 10.9. The highest BCUT2D eigenvalue weighted by Gasteiger charge is 2.34. The predicted octanol–water partition coefficient (Wildman–Crippen LogP) is 2.56. The normalized spacial score (nSPS) is 36.5. The smallest absolute Gasteiger partial charge is 0.407 e. The van der Waals surface area contributed by atoms with Gasteiger partial charge in [-0.2, -0.15) is 0 Å². The van der Waals surface area contributed by atoms with Gasteiger partial charge in [0.05, 0.1) is 6.54 Å². The number of alkyl carbamates (subject to hydrolysis) is 1. The first-order valence-electron chi connectivity index (χ1n) is 6.11. The van der Waals surface area contributed by atoms with Crippen molar-refractivity contribution in [2.75, 3.05) is 6.54 Å². The van der Waals surface area contributed by atoms with Crippen LogP contribution in [0.1, 0.15) is 39.5 Å². The van der Waals surface area contributed by atoms with Gasteiger partial charge in [0.15, 0.2) is 0 Å². The first-order valence-corrected chi connectivity index (χ1v) is 6.11. The fourth-order valence-electron chi connectivity index (χ4n) is 2.85. The molecule has 2 aliphatic rings. The van der Waals surface area contributed by atoms with E-state index in [0.29, 0.717) is 5.92 Å². The van der Waals surface area contributed by atoms with Gasteiger partial charge in [-0.15, -0.1) is 0 Å². The van der Waals surface area contributed by atoms with E-state index in [1.54, 1.807) is 0 Å². The van der Waals surface area contributed by atoms with E-state index in [0.717, 1.165) is 18.4 Å². The number of amides is 1. The minimum Gasteiger partial charge on any atom is -0.444 e. The molecular weight excluding hydrogens is 190 g/mol. The average Bonchev–Trinajstić information content (AvgIpc) is 2.65. The second-order valence-corrected chi connectivity index (χ2v) is 5.24. The molecule has 1 N–H and O–H groups in total. The summed E-state index contributed by atoms with van der Waals surface area (Å²) in [6.07, 6.45) is 4.97. The lowest BCUT2D eigenvalue weighted by molar-refractivity contribution is 0.0747. The van der Waals surface area contributed by atoms with Crippen molar-refractivity contribution >= 4 is 6.09 Å². The molecule has 0 aromatic carbocycles. The van der Waals surface area contributed by atoms with E-state index < -0.39 is 0 Å². The van der Waals surface area contributed by atoms with Gasteiger partial charge in [-0.1, -0.05) is 13.8 Å². The topological polar surface area (TPSA) is 38.3 Å². The van der Waals surface area contributed by atoms with Crippen LogP contribution in [0.25, 0.3) is 0 Å². The third-order valence-corrected chi connectivity index (χ3v) is 3.99. The highest BCUT2D eigenvalue weighted by atomic mass is 16.6. The van der Waals surface area contributed by atoms with E-state index in [1.807, 2.05) is 0 Å². The minimum absolute atomic E-state index is 0.144. The molecule has 2 rings (SSSR count). The Kier molecular flexibility index (Phi) is 3.17. The summed E-state index contributed by atoms with van der Waals surface area (Å²) < 4.78 is 5.25. The molecule has 1 atom stereocenters. The van der Waals surface area contributed by atoms with Gasteiger partial charge in [-0.05, 0) is 43.4 Å². The van der Waals surface area contributed by atoms with Crippen molar-refractivity contribution in [2.45, 2.75) is 45.6 Å². The van der Waals surface area contributed by atoms with E-state index in [4.69, 9.17) is 4.74 Å². The fraction of sp³-hybridized carbons (Fsp3) is 0.917. The number of hydrogen-bond donors (Lipinski definition) is 1. The summed E-state index contributed by atoms with van der Waals surface area (Å²) in [6, 6.07) is 0. The zero-order valence-electron chi connectivity index (χ0n) is 9.66. The Morgan fingerprint density at radius 1 is 1.27 bits per heavy atom. The molecule has 1 unspecified atom stereocenters. The van der Waals surface area contributed by atoms with Crippen LogP contribution in [-0.4, -0.2) is 18.7 Å². The summed E-state index contributed by atoms with van der Waals surface area (Å²) in [5, 5.41) is 2.74. The van der Waals surface area contributed by atoms with Crippen LogP contribution in [0.4, 0.5) is 4.79 Å². The van der Waals surface area contributed by atoms with Crippen LogP contribution in [0.3, 0.4) is 0 Å². The Morgan fingerprint density at radius 2 is 1.93 bits per heavy atom. The van der Waals surface area contributed by atoms with Gasteiger partial charge >= 0.3 is 6.09 Å². The summed E-state index contributed by atoms with van der Waals surface area (Å²) in [5.74, 6) is 2.28. The molecule has 15 heavy (non-hydrogen) atoms. The van der Waals surface area contributed by atoms with Crippen molar-refractivity contribution < 1.29 is 9.53 Å². The number of hydrogen-bond acceptors (Lipinski definition) is 2. The maximum atomic E-state index is 10.9. The lowest BCUT2D eigenvalue weighted by Crippen LogP contribution is -2.29. The number of nitrogens with one attached hydrogen (secondary N) is 1. The molecule has 0 spiro atoms. The molecule has 1 amide bonds. The van der Waals surface area contributed by atoms with Crippen LogP contribution in [0.2, 0.25) is 0 Å². The van der Waals surface area contributed by atoms with E-state index >= 15 is 0 Å².